The van der Waals surface area contributed by atoms with Crippen LogP contribution in [0.4, 0.5) is 0 Å². The molecule has 5 nitrogen and oxygen atoms in total. The van der Waals surface area contributed by atoms with E-state index in [4.69, 9.17) is 14.2 Å². The van der Waals surface area contributed by atoms with Gasteiger partial charge < -0.3 is 24.4 Å². The number of rotatable bonds is 7. The lowest BCUT2D eigenvalue weighted by atomic mass is 10.1. The van der Waals surface area contributed by atoms with Gasteiger partial charge in [-0.25, -0.2) is 0 Å². The van der Waals surface area contributed by atoms with Crippen molar-refractivity contribution in [1.82, 2.24) is 0 Å². The molecular formula is C26H22O5. The second-order valence-electron chi connectivity index (χ2n) is 6.95. The first-order valence-electron chi connectivity index (χ1n) is 9.85. The Morgan fingerprint density at radius 1 is 0.548 bits per heavy atom. The molecule has 0 aliphatic rings. The van der Waals surface area contributed by atoms with E-state index in [0.717, 1.165) is 11.1 Å². The predicted molar refractivity (Wildman–Crippen MR) is 119 cm³/mol. The van der Waals surface area contributed by atoms with E-state index < -0.39 is 6.29 Å². The van der Waals surface area contributed by atoms with Crippen LogP contribution < -0.4 is 14.2 Å². The third kappa shape index (κ3) is 5.48. The molecule has 0 bridgehead atoms. The first-order chi connectivity index (χ1) is 15.0. The number of hydrogen-bond acceptors (Lipinski definition) is 5. The molecule has 156 valence electrons. The lowest BCUT2D eigenvalue weighted by Crippen LogP contribution is -2.19. The first kappa shape index (κ1) is 20.2. The zero-order chi connectivity index (χ0) is 21.6. The fraction of sp³-hybridized carbons (Fsp3) is 0.0769. The molecule has 5 heteroatoms. The highest BCUT2D eigenvalue weighted by Gasteiger charge is 2.07. The highest BCUT2D eigenvalue weighted by molar-refractivity contribution is 5.66. The van der Waals surface area contributed by atoms with Gasteiger partial charge in [-0.1, -0.05) is 24.3 Å². The Morgan fingerprint density at radius 3 is 1.74 bits per heavy atom. The van der Waals surface area contributed by atoms with E-state index >= 15 is 0 Å². The molecule has 0 fully saturated rings. The maximum Gasteiger partial charge on any atom is 0.238 e. The topological polar surface area (TPSA) is 68.2 Å². The summed E-state index contributed by atoms with van der Waals surface area (Å²) in [6.45, 7) is 1.80. The fourth-order valence-electron chi connectivity index (χ4n) is 3.08. The lowest BCUT2D eigenvalue weighted by Gasteiger charge is -2.17. The molecule has 0 heterocycles. The maximum atomic E-state index is 9.70. The van der Waals surface area contributed by atoms with Gasteiger partial charge in [0.2, 0.25) is 6.29 Å². The van der Waals surface area contributed by atoms with E-state index in [1.165, 1.54) is 0 Å². The Balaban J connectivity index is 1.38. The van der Waals surface area contributed by atoms with Crippen LogP contribution in [0.25, 0.3) is 11.1 Å². The third-order valence-corrected chi connectivity index (χ3v) is 4.51. The maximum absolute atomic E-state index is 9.70. The molecule has 0 spiro atoms. The van der Waals surface area contributed by atoms with Crippen LogP contribution in [0.15, 0.2) is 97.1 Å². The number of phenols is 2. The number of hydrogen-bond donors (Lipinski definition) is 2. The highest BCUT2D eigenvalue weighted by atomic mass is 16.7. The number of aromatic hydroxyl groups is 2. The van der Waals surface area contributed by atoms with Crippen LogP contribution >= 0.6 is 0 Å². The number of phenolic OH excluding ortho intramolecular Hbond substituents is 2. The quantitative estimate of drug-likeness (QED) is 0.344. The molecule has 0 radical (unpaired) electrons. The highest BCUT2D eigenvalue weighted by Crippen LogP contribution is 2.30. The number of ether oxygens (including phenoxy) is 3. The van der Waals surface area contributed by atoms with Crippen LogP contribution in [0.2, 0.25) is 0 Å². The molecule has 1 unspecified atom stereocenters. The SMILES string of the molecule is CC(Oc1ccc(O)cc1)Oc1ccc(Oc2cccc(-c3cccc(O)c3)c2)cc1. The molecule has 31 heavy (non-hydrogen) atoms. The van der Waals surface area contributed by atoms with E-state index in [-0.39, 0.29) is 11.5 Å². The normalized spacial score (nSPS) is 11.5. The Bertz CT molecular complexity index is 1140. The summed E-state index contributed by atoms with van der Waals surface area (Å²) in [4.78, 5) is 0. The molecule has 4 aromatic rings. The van der Waals surface area contributed by atoms with Gasteiger partial charge in [-0.05, 0) is 83.9 Å². The van der Waals surface area contributed by atoms with Crippen molar-refractivity contribution < 1.29 is 24.4 Å². The fourth-order valence-corrected chi connectivity index (χ4v) is 3.08. The molecule has 4 rings (SSSR count). The van der Waals surface area contributed by atoms with E-state index in [1.54, 1.807) is 43.3 Å². The molecule has 0 saturated carbocycles. The Morgan fingerprint density at radius 2 is 1.10 bits per heavy atom. The summed E-state index contributed by atoms with van der Waals surface area (Å²) in [5.74, 6) is 3.03. The van der Waals surface area contributed by atoms with Crippen molar-refractivity contribution in [3.05, 3.63) is 97.1 Å². The minimum Gasteiger partial charge on any atom is -0.508 e. The van der Waals surface area contributed by atoms with Crippen molar-refractivity contribution in [1.29, 1.82) is 0 Å². The van der Waals surface area contributed by atoms with Crippen LogP contribution in [0, 0.1) is 0 Å². The van der Waals surface area contributed by atoms with Crippen molar-refractivity contribution in [2.24, 2.45) is 0 Å². The van der Waals surface area contributed by atoms with Gasteiger partial charge in [0.25, 0.3) is 0 Å². The first-order valence-corrected chi connectivity index (χ1v) is 9.85. The largest absolute Gasteiger partial charge is 0.508 e. The lowest BCUT2D eigenvalue weighted by molar-refractivity contribution is 0.0222. The average Bonchev–Trinajstić information content (AvgIpc) is 2.77. The van der Waals surface area contributed by atoms with Crippen LogP contribution in [-0.4, -0.2) is 16.5 Å². The van der Waals surface area contributed by atoms with E-state index in [9.17, 15) is 10.2 Å². The van der Waals surface area contributed by atoms with Crippen molar-refractivity contribution in [3.63, 3.8) is 0 Å². The summed E-state index contributed by atoms with van der Waals surface area (Å²) >= 11 is 0. The van der Waals surface area contributed by atoms with Gasteiger partial charge in [0.05, 0.1) is 0 Å². The van der Waals surface area contributed by atoms with Gasteiger partial charge in [-0.2, -0.15) is 0 Å². The van der Waals surface area contributed by atoms with Crippen molar-refractivity contribution in [3.8, 4) is 45.6 Å². The van der Waals surface area contributed by atoms with Crippen LogP contribution in [-0.2, 0) is 0 Å². The second-order valence-corrected chi connectivity index (χ2v) is 6.95. The standard InChI is InChI=1S/C26H22O5/c1-18(29-23-10-8-21(27)9-11-23)30-24-12-14-25(15-13-24)31-26-7-3-5-20(17-26)19-4-2-6-22(28)16-19/h2-18,27-28H,1H3. The molecule has 0 aliphatic heterocycles. The van der Waals surface area contributed by atoms with Gasteiger partial charge in [0, 0.05) is 6.92 Å². The summed E-state index contributed by atoms with van der Waals surface area (Å²) in [5, 5.41) is 19.0. The molecule has 1 atom stereocenters. The van der Waals surface area contributed by atoms with Gasteiger partial charge in [0.1, 0.15) is 34.5 Å². The molecule has 4 aromatic carbocycles. The van der Waals surface area contributed by atoms with E-state index in [1.807, 2.05) is 60.7 Å². The summed E-state index contributed by atoms with van der Waals surface area (Å²) in [7, 11) is 0. The van der Waals surface area contributed by atoms with E-state index in [2.05, 4.69) is 0 Å². The monoisotopic (exact) mass is 414 g/mol. The van der Waals surface area contributed by atoms with Gasteiger partial charge in [0.15, 0.2) is 0 Å². The zero-order valence-electron chi connectivity index (χ0n) is 16.9. The summed E-state index contributed by atoms with van der Waals surface area (Å²) in [5.41, 5.74) is 1.87. The van der Waals surface area contributed by atoms with Crippen molar-refractivity contribution in [2.75, 3.05) is 0 Å². The minimum atomic E-state index is -0.504. The van der Waals surface area contributed by atoms with Crippen LogP contribution in [0.5, 0.6) is 34.5 Å². The Labute approximate surface area is 180 Å². The van der Waals surface area contributed by atoms with Gasteiger partial charge in [-0.15, -0.1) is 0 Å². The van der Waals surface area contributed by atoms with E-state index in [0.29, 0.717) is 23.0 Å². The van der Waals surface area contributed by atoms with Crippen LogP contribution in [0.1, 0.15) is 6.92 Å². The Hall–Kier alpha value is -4.12. The third-order valence-electron chi connectivity index (χ3n) is 4.51. The summed E-state index contributed by atoms with van der Waals surface area (Å²) in [6, 6.07) is 28.5. The van der Waals surface area contributed by atoms with Crippen molar-refractivity contribution in [2.45, 2.75) is 13.2 Å². The van der Waals surface area contributed by atoms with Gasteiger partial charge in [-0.3, -0.25) is 0 Å². The summed E-state index contributed by atoms with van der Waals surface area (Å²) in [6.07, 6.45) is -0.504. The van der Waals surface area contributed by atoms with Crippen LogP contribution in [0.3, 0.4) is 0 Å². The minimum absolute atomic E-state index is 0.184. The Kier molecular flexibility index (Phi) is 5.94. The molecular weight excluding hydrogens is 392 g/mol. The summed E-state index contributed by atoms with van der Waals surface area (Å²) < 4.78 is 17.4. The molecule has 2 N–H and O–H groups in total. The molecule has 0 amide bonds. The van der Waals surface area contributed by atoms with Crippen molar-refractivity contribution >= 4 is 0 Å². The van der Waals surface area contributed by atoms with Gasteiger partial charge >= 0.3 is 0 Å². The smallest absolute Gasteiger partial charge is 0.238 e. The molecule has 0 saturated heterocycles. The zero-order valence-corrected chi connectivity index (χ0v) is 16.9. The molecule has 0 aromatic heterocycles. The average molecular weight is 414 g/mol. The predicted octanol–water partition coefficient (Wildman–Crippen LogP) is 6.36. The number of benzene rings is 4. The molecule has 0 aliphatic carbocycles. The second kappa shape index (κ2) is 9.13.